The molecule has 15 nitrogen and oxygen atoms in total. The third-order valence-corrected chi connectivity index (χ3v) is 9.95. The fraction of sp³-hybridized carbons (Fsp3) is 0.0571. The van der Waals surface area contributed by atoms with E-state index in [1.807, 2.05) is 0 Å². The number of hydrogen-bond donors (Lipinski definition) is 6. The van der Waals surface area contributed by atoms with Crippen LogP contribution in [0.15, 0.2) is 107 Å². The molecule has 0 fully saturated rings. The Labute approximate surface area is 295 Å². The Hall–Kier alpha value is -6.27. The zero-order valence-electron chi connectivity index (χ0n) is 26.5. The third kappa shape index (κ3) is 7.42. The van der Waals surface area contributed by atoms with Gasteiger partial charge in [0.05, 0.1) is 32.3 Å². The van der Waals surface area contributed by atoms with E-state index < -0.39 is 59.4 Å². The van der Waals surface area contributed by atoms with Crippen molar-refractivity contribution < 1.29 is 49.9 Å². The Bertz CT molecular complexity index is 2320. The molecule has 0 bridgehead atoms. The predicted molar refractivity (Wildman–Crippen MR) is 188 cm³/mol. The summed E-state index contributed by atoms with van der Waals surface area (Å²) < 4.78 is 66.3. The topological polar surface area (TPSA) is 242 Å². The van der Waals surface area contributed by atoms with Crippen LogP contribution in [0.2, 0.25) is 0 Å². The lowest BCUT2D eigenvalue weighted by atomic mass is 9.94. The summed E-state index contributed by atoms with van der Waals surface area (Å²) in [5, 5.41) is 10.4. The number of anilines is 4. The standard InChI is InChI=1S/C35H26N4O11S2/c40-27-5-1-3-23-29(51(45,46)47)17-15-25(31(23)27)38-33(42)19-7-11-21(12-8-19)36-35(44)37-22-13-9-20(10-14-22)34(43)39-26-16-18-30(52(48,49)50)24-4-2-6-28(41)32(24)26/h1-2,5-18H,3-4H2,(H,38,42)(H,39,43)(H2,36,37,44)(H,45,46,47)(H,48,49,50). The summed E-state index contributed by atoms with van der Waals surface area (Å²) in [4.78, 5) is 62.9. The highest BCUT2D eigenvalue weighted by molar-refractivity contribution is 7.86. The lowest BCUT2D eigenvalue weighted by Crippen LogP contribution is -2.20. The maximum atomic E-state index is 13.0. The van der Waals surface area contributed by atoms with Crippen LogP contribution in [0, 0.1) is 0 Å². The molecule has 0 spiro atoms. The Kier molecular flexibility index (Phi) is 9.44. The van der Waals surface area contributed by atoms with E-state index in [0.717, 1.165) is 12.1 Å². The third-order valence-electron chi connectivity index (χ3n) is 8.08. The fourth-order valence-corrected chi connectivity index (χ4v) is 7.22. The quantitative estimate of drug-likeness (QED) is 0.132. The smallest absolute Gasteiger partial charge is 0.321 e. The van der Waals surface area contributed by atoms with Crippen LogP contribution in [0.3, 0.4) is 0 Å². The van der Waals surface area contributed by atoms with Crippen molar-refractivity contribution in [2.45, 2.75) is 22.6 Å². The minimum absolute atomic E-state index is 0.0460. The van der Waals surface area contributed by atoms with E-state index in [4.69, 9.17) is 0 Å². The summed E-state index contributed by atoms with van der Waals surface area (Å²) in [6.45, 7) is 0. The van der Waals surface area contributed by atoms with Gasteiger partial charge in [-0.3, -0.25) is 28.3 Å². The number of carbonyl (C=O) groups is 5. The Morgan fingerprint density at radius 2 is 0.885 bits per heavy atom. The molecule has 6 rings (SSSR count). The highest BCUT2D eigenvalue weighted by atomic mass is 32.2. The number of allylic oxidation sites excluding steroid dienone is 4. The number of amides is 4. The highest BCUT2D eigenvalue weighted by Gasteiger charge is 2.28. The van der Waals surface area contributed by atoms with Crippen molar-refractivity contribution in [2.75, 3.05) is 21.3 Å². The minimum Gasteiger partial charge on any atom is -0.321 e. The van der Waals surface area contributed by atoms with E-state index in [-0.39, 0.29) is 57.6 Å². The number of ketones is 2. The first-order valence-corrected chi connectivity index (χ1v) is 18.1. The van der Waals surface area contributed by atoms with Crippen LogP contribution in [0.25, 0.3) is 0 Å². The molecule has 0 saturated heterocycles. The first-order chi connectivity index (χ1) is 24.6. The van der Waals surface area contributed by atoms with Gasteiger partial charge >= 0.3 is 6.03 Å². The van der Waals surface area contributed by atoms with Crippen molar-refractivity contribution in [3.8, 4) is 0 Å². The molecular weight excluding hydrogens is 717 g/mol. The van der Waals surface area contributed by atoms with E-state index in [1.165, 1.54) is 85.0 Å². The zero-order valence-corrected chi connectivity index (χ0v) is 28.2. The molecule has 0 saturated carbocycles. The second-order valence-electron chi connectivity index (χ2n) is 11.5. The van der Waals surface area contributed by atoms with Crippen LogP contribution < -0.4 is 21.3 Å². The van der Waals surface area contributed by atoms with Crippen molar-refractivity contribution >= 4 is 72.4 Å². The number of nitrogens with one attached hydrogen (secondary N) is 4. The molecule has 0 aromatic heterocycles. The van der Waals surface area contributed by atoms with Crippen LogP contribution in [-0.2, 0) is 33.1 Å². The zero-order chi connectivity index (χ0) is 37.4. The normalized spacial score (nSPS) is 13.5. The van der Waals surface area contributed by atoms with Gasteiger partial charge in [0.1, 0.15) is 0 Å². The van der Waals surface area contributed by atoms with E-state index in [9.17, 15) is 49.9 Å². The van der Waals surface area contributed by atoms with Gasteiger partial charge < -0.3 is 21.3 Å². The van der Waals surface area contributed by atoms with Crippen LogP contribution >= 0.6 is 0 Å². The maximum Gasteiger partial charge on any atom is 0.323 e. The van der Waals surface area contributed by atoms with Crippen LogP contribution in [0.4, 0.5) is 27.5 Å². The molecular formula is C35H26N4O11S2. The molecule has 17 heteroatoms. The summed E-state index contributed by atoms with van der Waals surface area (Å²) in [6, 6.07) is 15.5. The van der Waals surface area contributed by atoms with Crippen molar-refractivity contribution in [3.05, 3.63) is 130 Å². The van der Waals surface area contributed by atoms with Gasteiger partial charge in [-0.05, 0) is 109 Å². The van der Waals surface area contributed by atoms with Gasteiger partial charge in [-0.1, -0.05) is 12.2 Å². The molecule has 2 aliphatic rings. The summed E-state index contributed by atoms with van der Waals surface area (Å²) >= 11 is 0. The number of urea groups is 1. The predicted octanol–water partition coefficient (Wildman–Crippen LogP) is 4.92. The van der Waals surface area contributed by atoms with E-state index in [0.29, 0.717) is 11.4 Å². The van der Waals surface area contributed by atoms with E-state index in [1.54, 1.807) is 0 Å². The molecule has 0 unspecified atom stereocenters. The van der Waals surface area contributed by atoms with Crippen molar-refractivity contribution in [3.63, 3.8) is 0 Å². The van der Waals surface area contributed by atoms with Gasteiger partial charge in [0.2, 0.25) is 0 Å². The fourth-order valence-electron chi connectivity index (χ4n) is 5.74. The number of benzene rings is 4. The van der Waals surface area contributed by atoms with Gasteiger partial charge in [-0.2, -0.15) is 16.8 Å². The molecule has 0 atom stereocenters. The van der Waals surface area contributed by atoms with Gasteiger partial charge in [0, 0.05) is 22.5 Å². The summed E-state index contributed by atoms with van der Waals surface area (Å²) in [7, 11) is -9.22. The molecule has 264 valence electrons. The Balaban J connectivity index is 1.07. The van der Waals surface area contributed by atoms with Gasteiger partial charge in [0.15, 0.2) is 11.6 Å². The Morgan fingerprint density at radius 1 is 0.519 bits per heavy atom. The van der Waals surface area contributed by atoms with Crippen LogP contribution in [-0.4, -0.2) is 55.4 Å². The molecule has 0 radical (unpaired) electrons. The molecule has 0 aliphatic heterocycles. The molecule has 6 N–H and O–H groups in total. The van der Waals surface area contributed by atoms with Crippen molar-refractivity contribution in [1.82, 2.24) is 0 Å². The monoisotopic (exact) mass is 742 g/mol. The van der Waals surface area contributed by atoms with Gasteiger partial charge in [-0.25, -0.2) is 4.79 Å². The number of hydrogen-bond acceptors (Lipinski definition) is 9. The SMILES string of the molecule is O=C(Nc1ccc(C(=O)Nc2ccc(S(=O)(=O)O)c3c2C(=O)C=CC3)cc1)Nc1ccc(C(=O)Nc2ccc(S(=O)(=O)O)c3c2C(=O)C=CC3)cc1. The van der Waals surface area contributed by atoms with Crippen molar-refractivity contribution in [2.24, 2.45) is 0 Å². The first-order valence-electron chi connectivity index (χ1n) is 15.2. The second-order valence-corrected chi connectivity index (χ2v) is 14.2. The lowest BCUT2D eigenvalue weighted by Gasteiger charge is -2.18. The molecule has 4 aromatic rings. The summed E-state index contributed by atoms with van der Waals surface area (Å²) in [5.41, 5.74) is 1.10. The number of fused-ring (bicyclic) bond motifs is 2. The van der Waals surface area contributed by atoms with Crippen molar-refractivity contribution in [1.29, 1.82) is 0 Å². The maximum absolute atomic E-state index is 13.0. The van der Waals surface area contributed by atoms with Crippen LogP contribution in [0.5, 0.6) is 0 Å². The molecule has 4 aromatic carbocycles. The average molecular weight is 743 g/mol. The largest absolute Gasteiger partial charge is 0.323 e. The van der Waals surface area contributed by atoms with E-state index in [2.05, 4.69) is 21.3 Å². The first kappa shape index (κ1) is 35.6. The summed E-state index contributed by atoms with van der Waals surface area (Å²) in [6.07, 6.45) is 5.52. The minimum atomic E-state index is -4.61. The molecule has 0 heterocycles. The highest BCUT2D eigenvalue weighted by Crippen LogP contribution is 2.32. The molecule has 52 heavy (non-hydrogen) atoms. The molecule has 2 aliphatic carbocycles. The number of carbonyl (C=O) groups excluding carboxylic acids is 5. The Morgan fingerprint density at radius 3 is 1.23 bits per heavy atom. The van der Waals surface area contributed by atoms with Gasteiger partial charge in [-0.15, -0.1) is 0 Å². The number of rotatable bonds is 8. The lowest BCUT2D eigenvalue weighted by molar-refractivity contribution is 0.101. The van der Waals surface area contributed by atoms with Crippen LogP contribution in [0.1, 0.15) is 52.6 Å². The molecule has 4 amide bonds. The van der Waals surface area contributed by atoms with E-state index >= 15 is 0 Å². The second kappa shape index (κ2) is 13.8. The summed E-state index contributed by atoms with van der Waals surface area (Å²) in [5.74, 6) is -2.32. The average Bonchev–Trinajstić information content (AvgIpc) is 3.08. The van der Waals surface area contributed by atoms with Gasteiger partial charge in [0.25, 0.3) is 32.1 Å².